The van der Waals surface area contributed by atoms with E-state index in [9.17, 15) is 0 Å². The summed E-state index contributed by atoms with van der Waals surface area (Å²) >= 11 is 6.29. The first-order chi connectivity index (χ1) is 8.58. The van der Waals surface area contributed by atoms with Crippen LogP contribution >= 0.6 is 11.6 Å². The third-order valence-electron chi connectivity index (χ3n) is 2.92. The Hall–Kier alpha value is -0.660. The van der Waals surface area contributed by atoms with E-state index in [4.69, 9.17) is 26.9 Å². The lowest BCUT2D eigenvalue weighted by Crippen LogP contribution is -2.47. The molecule has 1 aromatic rings. The number of nitrogens with two attached hydrogens (primary N) is 1. The van der Waals surface area contributed by atoms with Gasteiger partial charge in [0.05, 0.1) is 22.5 Å². The summed E-state index contributed by atoms with van der Waals surface area (Å²) in [4.78, 5) is 0. The number of halogens is 1. The minimum absolute atomic E-state index is 0.197. The fourth-order valence-corrected chi connectivity index (χ4v) is 2.28. The van der Waals surface area contributed by atoms with Crippen molar-refractivity contribution in [3.05, 3.63) is 16.4 Å². The number of rotatable bonds is 7. The van der Waals surface area contributed by atoms with Crippen LogP contribution in [-0.2, 0) is 29.4 Å². The number of nitrogens with one attached hydrogen (secondary N) is 1. The van der Waals surface area contributed by atoms with Gasteiger partial charge >= 0.3 is 0 Å². The predicted octanol–water partition coefficient (Wildman–Crippen LogP) is 0.629. The molecule has 0 aromatic carbocycles. The molecule has 0 aliphatic rings. The summed E-state index contributed by atoms with van der Waals surface area (Å²) in [5, 5.41) is 5.05. The average Bonchev–Trinajstić information content (AvgIpc) is 2.65. The molecule has 1 heterocycles. The Labute approximate surface area is 112 Å². The molecule has 1 aromatic heterocycles. The summed E-state index contributed by atoms with van der Waals surface area (Å²) in [6, 6.07) is -0.197. The van der Waals surface area contributed by atoms with E-state index >= 15 is 0 Å². The zero-order valence-electron chi connectivity index (χ0n) is 11.2. The van der Waals surface area contributed by atoms with E-state index in [2.05, 4.69) is 10.5 Å². The summed E-state index contributed by atoms with van der Waals surface area (Å²) in [6.07, 6.45) is 0.933. The Kier molecular flexibility index (Phi) is 6.04. The SMILES string of the molecule is CCc1nn(C)c(CC(NN)C(OC)OC)c1Cl. The molecule has 6 nitrogen and oxygen atoms in total. The highest BCUT2D eigenvalue weighted by atomic mass is 35.5. The van der Waals surface area contributed by atoms with Crippen molar-refractivity contribution in [2.45, 2.75) is 32.1 Å². The van der Waals surface area contributed by atoms with Crippen molar-refractivity contribution >= 4 is 11.6 Å². The number of nitrogens with zero attached hydrogens (tertiary/aromatic N) is 2. The smallest absolute Gasteiger partial charge is 0.173 e. The molecule has 104 valence electrons. The molecule has 0 saturated carbocycles. The first kappa shape index (κ1) is 15.4. The highest BCUT2D eigenvalue weighted by Gasteiger charge is 2.24. The Morgan fingerprint density at radius 3 is 2.44 bits per heavy atom. The van der Waals surface area contributed by atoms with Crippen LogP contribution in [0, 0.1) is 0 Å². The van der Waals surface area contributed by atoms with Crippen molar-refractivity contribution in [3.63, 3.8) is 0 Å². The molecule has 3 N–H and O–H groups in total. The van der Waals surface area contributed by atoms with Gasteiger partial charge in [0, 0.05) is 27.7 Å². The molecule has 0 amide bonds. The van der Waals surface area contributed by atoms with E-state index in [0.717, 1.165) is 17.8 Å². The Morgan fingerprint density at radius 2 is 2.06 bits per heavy atom. The van der Waals surface area contributed by atoms with E-state index in [0.29, 0.717) is 11.4 Å². The number of methoxy groups -OCH3 is 2. The van der Waals surface area contributed by atoms with Gasteiger partial charge in [-0.2, -0.15) is 5.10 Å². The van der Waals surface area contributed by atoms with E-state index in [1.807, 2.05) is 14.0 Å². The number of hydrogen-bond donors (Lipinski definition) is 2. The molecule has 0 aliphatic carbocycles. The first-order valence-electron chi connectivity index (χ1n) is 5.80. The van der Waals surface area contributed by atoms with E-state index < -0.39 is 6.29 Å². The molecule has 1 unspecified atom stereocenters. The maximum absolute atomic E-state index is 6.29. The van der Waals surface area contributed by atoms with Crippen molar-refractivity contribution in [1.82, 2.24) is 15.2 Å². The number of ether oxygens (including phenoxy) is 2. The van der Waals surface area contributed by atoms with Crippen LogP contribution in [0.5, 0.6) is 0 Å². The maximum Gasteiger partial charge on any atom is 0.173 e. The van der Waals surface area contributed by atoms with Gasteiger partial charge in [-0.3, -0.25) is 16.0 Å². The van der Waals surface area contributed by atoms with Crippen LogP contribution in [0.25, 0.3) is 0 Å². The van der Waals surface area contributed by atoms with Crippen LogP contribution in [0.15, 0.2) is 0 Å². The lowest BCUT2D eigenvalue weighted by atomic mass is 10.1. The molecule has 18 heavy (non-hydrogen) atoms. The maximum atomic E-state index is 6.29. The van der Waals surface area contributed by atoms with Gasteiger partial charge in [-0.05, 0) is 6.42 Å². The Bertz CT molecular complexity index is 379. The lowest BCUT2D eigenvalue weighted by Gasteiger charge is -2.24. The van der Waals surface area contributed by atoms with Gasteiger partial charge in [0.15, 0.2) is 6.29 Å². The standard InChI is InChI=1S/C11H21ClN4O2/c1-5-7-10(12)9(16(2)15-7)6-8(14-13)11(17-3)18-4/h8,11,14H,5-6,13H2,1-4H3. The summed E-state index contributed by atoms with van der Waals surface area (Å²) in [5.41, 5.74) is 4.48. The predicted molar refractivity (Wildman–Crippen MR) is 70.2 cm³/mol. The van der Waals surface area contributed by atoms with E-state index in [-0.39, 0.29) is 6.04 Å². The molecule has 0 spiro atoms. The van der Waals surface area contributed by atoms with Crippen LogP contribution in [0.4, 0.5) is 0 Å². The molecule has 0 fully saturated rings. The second-order valence-electron chi connectivity index (χ2n) is 4.00. The highest BCUT2D eigenvalue weighted by molar-refractivity contribution is 6.31. The molecule has 0 aliphatic heterocycles. The van der Waals surface area contributed by atoms with E-state index in [1.165, 1.54) is 0 Å². The molecule has 0 saturated heterocycles. The van der Waals surface area contributed by atoms with Gasteiger partial charge < -0.3 is 9.47 Å². The largest absolute Gasteiger partial charge is 0.354 e. The molecule has 0 bridgehead atoms. The summed E-state index contributed by atoms with van der Waals surface area (Å²) < 4.78 is 12.2. The topological polar surface area (TPSA) is 74.3 Å². The van der Waals surface area contributed by atoms with Crippen LogP contribution in [0.1, 0.15) is 18.3 Å². The molecule has 0 radical (unpaired) electrons. The van der Waals surface area contributed by atoms with Gasteiger partial charge in [0.1, 0.15) is 0 Å². The number of aryl methyl sites for hydroxylation is 2. The lowest BCUT2D eigenvalue weighted by molar-refractivity contribution is -0.122. The first-order valence-corrected chi connectivity index (χ1v) is 6.18. The number of hydrogen-bond acceptors (Lipinski definition) is 5. The fourth-order valence-electron chi connectivity index (χ4n) is 1.91. The molecular weight excluding hydrogens is 256 g/mol. The second-order valence-corrected chi connectivity index (χ2v) is 4.38. The van der Waals surface area contributed by atoms with Gasteiger partial charge in [-0.1, -0.05) is 18.5 Å². The highest BCUT2D eigenvalue weighted by Crippen LogP contribution is 2.22. The quantitative estimate of drug-likeness (QED) is 0.434. The van der Waals surface area contributed by atoms with Crippen molar-refractivity contribution in [2.75, 3.05) is 14.2 Å². The van der Waals surface area contributed by atoms with Crippen LogP contribution in [0.3, 0.4) is 0 Å². The summed E-state index contributed by atoms with van der Waals surface area (Å²) in [5.74, 6) is 5.53. The van der Waals surface area contributed by atoms with Gasteiger partial charge in [-0.15, -0.1) is 0 Å². The average molecular weight is 277 g/mol. The Balaban J connectivity index is 2.91. The minimum atomic E-state index is -0.439. The molecule has 1 rings (SSSR count). The number of hydrazine groups is 1. The van der Waals surface area contributed by atoms with Gasteiger partial charge in [0.25, 0.3) is 0 Å². The monoisotopic (exact) mass is 276 g/mol. The van der Waals surface area contributed by atoms with Gasteiger partial charge in [0.2, 0.25) is 0 Å². The minimum Gasteiger partial charge on any atom is -0.354 e. The van der Waals surface area contributed by atoms with E-state index in [1.54, 1.807) is 18.9 Å². The van der Waals surface area contributed by atoms with Crippen molar-refractivity contribution in [3.8, 4) is 0 Å². The van der Waals surface area contributed by atoms with Crippen LogP contribution in [0.2, 0.25) is 5.02 Å². The molecule has 7 heteroatoms. The van der Waals surface area contributed by atoms with Crippen molar-refractivity contribution < 1.29 is 9.47 Å². The fraction of sp³-hybridized carbons (Fsp3) is 0.727. The third kappa shape index (κ3) is 3.21. The third-order valence-corrected chi connectivity index (χ3v) is 3.36. The number of aromatic nitrogens is 2. The van der Waals surface area contributed by atoms with Crippen molar-refractivity contribution in [2.24, 2.45) is 12.9 Å². The van der Waals surface area contributed by atoms with Crippen LogP contribution in [-0.4, -0.2) is 36.3 Å². The summed E-state index contributed by atoms with van der Waals surface area (Å²) in [6.45, 7) is 2.02. The zero-order chi connectivity index (χ0) is 13.7. The second kappa shape index (κ2) is 7.06. The van der Waals surface area contributed by atoms with Gasteiger partial charge in [-0.25, -0.2) is 0 Å². The summed E-state index contributed by atoms with van der Waals surface area (Å²) in [7, 11) is 5.00. The molecule has 1 atom stereocenters. The molecular formula is C11H21ClN4O2. The zero-order valence-corrected chi connectivity index (χ0v) is 12.0. The van der Waals surface area contributed by atoms with Crippen molar-refractivity contribution in [1.29, 1.82) is 0 Å². The normalized spacial score (nSPS) is 13.3. The Morgan fingerprint density at radius 1 is 1.44 bits per heavy atom. The van der Waals surface area contributed by atoms with Crippen LogP contribution < -0.4 is 11.3 Å².